The zero-order chi connectivity index (χ0) is 21.1. The maximum absolute atomic E-state index is 12.9. The molecule has 0 unspecified atom stereocenters. The molecule has 0 amide bonds. The van der Waals surface area contributed by atoms with Crippen LogP contribution in [0.5, 0.6) is 0 Å². The van der Waals surface area contributed by atoms with Gasteiger partial charge in [-0.25, -0.2) is 4.98 Å². The highest BCUT2D eigenvalue weighted by Crippen LogP contribution is 2.31. The summed E-state index contributed by atoms with van der Waals surface area (Å²) in [5.74, 6) is 0.463. The summed E-state index contributed by atoms with van der Waals surface area (Å²) in [5, 5.41) is 13.4. The molecule has 6 nitrogen and oxygen atoms in total. The molecule has 30 heavy (non-hydrogen) atoms. The highest BCUT2D eigenvalue weighted by atomic mass is 16.1. The Kier molecular flexibility index (Phi) is 5.80. The molecule has 1 aliphatic rings. The van der Waals surface area contributed by atoms with Gasteiger partial charge in [-0.2, -0.15) is 10.2 Å². The van der Waals surface area contributed by atoms with Crippen LogP contribution >= 0.6 is 0 Å². The molecule has 0 radical (unpaired) electrons. The van der Waals surface area contributed by atoms with Crippen molar-refractivity contribution in [2.75, 3.05) is 5.32 Å². The van der Waals surface area contributed by atoms with Crippen molar-refractivity contribution in [1.82, 2.24) is 14.5 Å². The van der Waals surface area contributed by atoms with Crippen LogP contribution in [-0.2, 0) is 12.8 Å². The molecule has 1 N–H and O–H groups in total. The first-order chi connectivity index (χ1) is 14.6. The van der Waals surface area contributed by atoms with Crippen LogP contribution in [0.4, 0.5) is 11.6 Å². The summed E-state index contributed by atoms with van der Waals surface area (Å²) in [6.45, 7) is 4.36. The van der Waals surface area contributed by atoms with Crippen LogP contribution in [0.3, 0.4) is 0 Å². The van der Waals surface area contributed by atoms with E-state index < -0.39 is 0 Å². The second kappa shape index (κ2) is 8.66. The van der Waals surface area contributed by atoms with E-state index in [-0.39, 0.29) is 17.2 Å². The predicted molar refractivity (Wildman–Crippen MR) is 119 cm³/mol. The third-order valence-electron chi connectivity index (χ3n) is 5.95. The molecular weight excluding hydrogens is 374 g/mol. The molecule has 4 rings (SSSR count). The molecule has 0 aliphatic heterocycles. The Hall–Kier alpha value is -3.20. The maximum atomic E-state index is 12.9. The number of benzene rings is 1. The summed E-state index contributed by atoms with van der Waals surface area (Å²) in [6.07, 6.45) is 8.91. The first-order valence-electron chi connectivity index (χ1n) is 10.9. The van der Waals surface area contributed by atoms with Gasteiger partial charge in [-0.05, 0) is 55.0 Å². The van der Waals surface area contributed by atoms with Crippen molar-refractivity contribution in [3.63, 3.8) is 0 Å². The third-order valence-corrected chi connectivity index (χ3v) is 5.95. The number of hydrogen-bond acceptors (Lipinski definition) is 5. The molecule has 6 heteroatoms. The fraction of sp³-hybridized carbons (Fsp3) is 0.417. The number of anilines is 2. The summed E-state index contributed by atoms with van der Waals surface area (Å²) in [4.78, 5) is 22.1. The fourth-order valence-electron chi connectivity index (χ4n) is 4.44. The molecule has 1 aliphatic carbocycles. The fourth-order valence-corrected chi connectivity index (χ4v) is 4.44. The van der Waals surface area contributed by atoms with Crippen LogP contribution in [-0.4, -0.2) is 14.5 Å². The van der Waals surface area contributed by atoms with Gasteiger partial charge in [0.1, 0.15) is 17.3 Å². The van der Waals surface area contributed by atoms with E-state index in [4.69, 9.17) is 4.98 Å². The zero-order valence-electron chi connectivity index (χ0n) is 17.6. The Morgan fingerprint density at radius 1 is 1.20 bits per heavy atom. The Morgan fingerprint density at radius 2 is 2.00 bits per heavy atom. The minimum atomic E-state index is -0.251. The minimum absolute atomic E-state index is 0.0936. The summed E-state index contributed by atoms with van der Waals surface area (Å²) in [6, 6.07) is 10.1. The maximum Gasteiger partial charge on any atom is 0.270 e. The first-order valence-corrected chi connectivity index (χ1v) is 10.9. The molecule has 0 saturated heterocycles. The molecule has 3 aromatic rings. The largest absolute Gasteiger partial charge is 0.324 e. The SMILES string of the molecule is CCCc1cc(Nc2ncc3cc(C#N)c(=O)n(C4CCCC4)c3n2)ccc1CC. The average Bonchev–Trinajstić information content (AvgIpc) is 3.28. The second-order valence-corrected chi connectivity index (χ2v) is 7.97. The normalized spacial score (nSPS) is 14.2. The number of rotatable bonds is 6. The Labute approximate surface area is 176 Å². The Bertz CT molecular complexity index is 1170. The molecule has 2 aromatic heterocycles. The monoisotopic (exact) mass is 401 g/mol. The molecule has 1 saturated carbocycles. The van der Waals surface area contributed by atoms with Gasteiger partial charge in [-0.1, -0.05) is 39.2 Å². The van der Waals surface area contributed by atoms with Gasteiger partial charge in [0, 0.05) is 23.3 Å². The van der Waals surface area contributed by atoms with E-state index >= 15 is 0 Å². The van der Waals surface area contributed by atoms with Gasteiger partial charge in [0.05, 0.1) is 0 Å². The Morgan fingerprint density at radius 3 is 2.70 bits per heavy atom. The summed E-state index contributed by atoms with van der Waals surface area (Å²) in [7, 11) is 0. The second-order valence-electron chi connectivity index (χ2n) is 7.97. The van der Waals surface area contributed by atoms with Crippen molar-refractivity contribution in [2.24, 2.45) is 0 Å². The van der Waals surface area contributed by atoms with Crippen LogP contribution in [0.1, 0.15) is 68.7 Å². The van der Waals surface area contributed by atoms with Gasteiger partial charge in [0.25, 0.3) is 5.56 Å². The van der Waals surface area contributed by atoms with Crippen molar-refractivity contribution in [3.8, 4) is 6.07 Å². The van der Waals surface area contributed by atoms with E-state index in [1.54, 1.807) is 16.8 Å². The smallest absolute Gasteiger partial charge is 0.270 e. The lowest BCUT2D eigenvalue weighted by molar-refractivity contribution is 0.515. The molecule has 1 aromatic carbocycles. The van der Waals surface area contributed by atoms with E-state index in [2.05, 4.69) is 36.3 Å². The molecule has 0 atom stereocenters. The van der Waals surface area contributed by atoms with Crippen molar-refractivity contribution < 1.29 is 0 Å². The van der Waals surface area contributed by atoms with Gasteiger partial charge in [0.15, 0.2) is 0 Å². The number of hydrogen-bond donors (Lipinski definition) is 1. The average molecular weight is 402 g/mol. The topological polar surface area (TPSA) is 83.6 Å². The van der Waals surface area contributed by atoms with Crippen LogP contribution in [0, 0.1) is 11.3 Å². The summed E-state index contributed by atoms with van der Waals surface area (Å²) in [5.41, 5.74) is 4.14. The van der Waals surface area contributed by atoms with Crippen LogP contribution in [0.2, 0.25) is 0 Å². The quantitative estimate of drug-likeness (QED) is 0.626. The molecule has 0 spiro atoms. The number of aromatic nitrogens is 3. The van der Waals surface area contributed by atoms with E-state index in [0.717, 1.165) is 56.0 Å². The number of nitrogens with one attached hydrogen (secondary N) is 1. The number of fused-ring (bicyclic) bond motifs is 1. The summed E-state index contributed by atoms with van der Waals surface area (Å²) >= 11 is 0. The van der Waals surface area contributed by atoms with Crippen molar-refractivity contribution >= 4 is 22.7 Å². The van der Waals surface area contributed by atoms with E-state index in [1.165, 1.54) is 11.1 Å². The van der Waals surface area contributed by atoms with Crippen LogP contribution in [0.25, 0.3) is 11.0 Å². The molecule has 1 fully saturated rings. The molecule has 2 heterocycles. The van der Waals surface area contributed by atoms with Gasteiger partial charge >= 0.3 is 0 Å². The molecule has 154 valence electrons. The lowest BCUT2D eigenvalue weighted by Gasteiger charge is -2.17. The van der Waals surface area contributed by atoms with Crippen LogP contribution < -0.4 is 10.9 Å². The lowest BCUT2D eigenvalue weighted by atomic mass is 10.0. The first kappa shape index (κ1) is 20.1. The molecule has 0 bridgehead atoms. The lowest BCUT2D eigenvalue weighted by Crippen LogP contribution is -2.26. The Balaban J connectivity index is 1.76. The number of pyridine rings is 1. The standard InChI is InChI=1S/C24H27N5O/c1-3-7-17-13-20(11-10-16(17)4-2)27-24-26-15-19-12-18(14-25)23(30)29(22(19)28-24)21-8-5-6-9-21/h10-13,15,21H,3-9H2,1-2H3,(H,26,27,28). The van der Waals surface area contributed by atoms with Gasteiger partial charge < -0.3 is 5.32 Å². The minimum Gasteiger partial charge on any atom is -0.324 e. The van der Waals surface area contributed by atoms with E-state index in [1.807, 2.05) is 12.1 Å². The van der Waals surface area contributed by atoms with Crippen molar-refractivity contribution in [3.05, 3.63) is 57.5 Å². The molecular formula is C24H27N5O. The van der Waals surface area contributed by atoms with Gasteiger partial charge in [0.2, 0.25) is 5.95 Å². The van der Waals surface area contributed by atoms with Crippen LogP contribution in [0.15, 0.2) is 35.3 Å². The number of nitrogens with zero attached hydrogens (tertiary/aromatic N) is 4. The third kappa shape index (κ3) is 3.80. The predicted octanol–water partition coefficient (Wildman–Crippen LogP) is 5.04. The van der Waals surface area contributed by atoms with E-state index in [9.17, 15) is 10.1 Å². The number of aryl methyl sites for hydroxylation is 2. The van der Waals surface area contributed by atoms with Crippen molar-refractivity contribution in [1.29, 1.82) is 5.26 Å². The van der Waals surface area contributed by atoms with Crippen molar-refractivity contribution in [2.45, 2.75) is 64.8 Å². The van der Waals surface area contributed by atoms with E-state index in [0.29, 0.717) is 11.6 Å². The number of nitriles is 1. The highest BCUT2D eigenvalue weighted by Gasteiger charge is 2.22. The highest BCUT2D eigenvalue weighted by molar-refractivity contribution is 5.77. The zero-order valence-corrected chi connectivity index (χ0v) is 17.6. The van der Waals surface area contributed by atoms with Gasteiger partial charge in [-0.15, -0.1) is 0 Å². The van der Waals surface area contributed by atoms with Gasteiger partial charge in [-0.3, -0.25) is 9.36 Å². The summed E-state index contributed by atoms with van der Waals surface area (Å²) < 4.78 is 1.72.